The minimum Gasteiger partial charge on any atom is -0.507 e. The highest BCUT2D eigenvalue weighted by atomic mass is 16.5. The summed E-state index contributed by atoms with van der Waals surface area (Å²) in [6, 6.07) is 12.7. The highest BCUT2D eigenvalue weighted by Gasteiger charge is 2.46. The van der Waals surface area contributed by atoms with Crippen LogP contribution in [-0.4, -0.2) is 59.4 Å². The Bertz CT molecular complexity index is 1100. The van der Waals surface area contributed by atoms with Crippen LogP contribution in [-0.2, 0) is 16.0 Å². The van der Waals surface area contributed by atoms with Crippen molar-refractivity contribution in [2.75, 3.05) is 32.8 Å². The smallest absolute Gasteiger partial charge is 0.295 e. The summed E-state index contributed by atoms with van der Waals surface area (Å²) in [6.07, 6.45) is 0.896. The molecule has 0 saturated carbocycles. The largest absolute Gasteiger partial charge is 0.507 e. The Kier molecular flexibility index (Phi) is 9.32. The first kappa shape index (κ1) is 27.5. The number of hydrogen-bond donors (Lipinski definition) is 1. The summed E-state index contributed by atoms with van der Waals surface area (Å²) in [5, 5.41) is 11.4. The second-order valence-corrected chi connectivity index (χ2v) is 9.80. The summed E-state index contributed by atoms with van der Waals surface area (Å²) in [7, 11) is 0. The van der Waals surface area contributed by atoms with Crippen LogP contribution in [0.3, 0.4) is 0 Å². The normalized spacial score (nSPS) is 17.4. The molecule has 0 aromatic heterocycles. The van der Waals surface area contributed by atoms with Crippen molar-refractivity contribution in [1.29, 1.82) is 0 Å². The Morgan fingerprint density at radius 1 is 1.06 bits per heavy atom. The van der Waals surface area contributed by atoms with Crippen LogP contribution in [0.1, 0.15) is 62.9 Å². The second kappa shape index (κ2) is 12.2. The zero-order valence-electron chi connectivity index (χ0n) is 22.5. The molecule has 6 nitrogen and oxygen atoms in total. The van der Waals surface area contributed by atoms with Gasteiger partial charge in [-0.2, -0.15) is 0 Å². The number of carbonyl (C=O) groups excluding carboxylic acids is 2. The van der Waals surface area contributed by atoms with Crippen molar-refractivity contribution in [3.05, 3.63) is 70.3 Å². The molecule has 36 heavy (non-hydrogen) atoms. The maximum absolute atomic E-state index is 13.3. The maximum Gasteiger partial charge on any atom is 0.295 e. The van der Waals surface area contributed by atoms with Gasteiger partial charge in [0.15, 0.2) is 0 Å². The van der Waals surface area contributed by atoms with Crippen molar-refractivity contribution in [3.63, 3.8) is 0 Å². The van der Waals surface area contributed by atoms with E-state index in [0.29, 0.717) is 31.2 Å². The summed E-state index contributed by atoms with van der Waals surface area (Å²) in [5.41, 5.74) is 3.49. The Balaban J connectivity index is 2.05. The van der Waals surface area contributed by atoms with Crippen molar-refractivity contribution >= 4 is 17.4 Å². The van der Waals surface area contributed by atoms with E-state index >= 15 is 0 Å². The number of aryl methyl sites for hydroxylation is 2. The van der Waals surface area contributed by atoms with Crippen molar-refractivity contribution in [2.45, 2.75) is 54.0 Å². The van der Waals surface area contributed by atoms with Gasteiger partial charge in [0, 0.05) is 18.7 Å². The molecule has 1 aliphatic rings. The van der Waals surface area contributed by atoms with E-state index in [4.69, 9.17) is 4.74 Å². The molecule has 0 radical (unpaired) electrons. The van der Waals surface area contributed by atoms with Crippen LogP contribution in [0.2, 0.25) is 0 Å². The lowest BCUT2D eigenvalue weighted by Crippen LogP contribution is -2.38. The molecule has 0 spiro atoms. The number of ketones is 1. The number of Topliss-reactive ketones (excluding diaryl/α,β-unsaturated/α-hetero) is 1. The summed E-state index contributed by atoms with van der Waals surface area (Å²) >= 11 is 0. The molecule has 2 aromatic rings. The van der Waals surface area contributed by atoms with Gasteiger partial charge in [-0.25, -0.2) is 0 Å². The molecule has 1 atom stereocenters. The van der Waals surface area contributed by atoms with Crippen molar-refractivity contribution < 1.29 is 19.4 Å². The standard InChI is InChI=1S/C30H40N2O4/c1-7-22-10-12-23(13-11-22)27-26(29(34)30(35)32(27)17-16-31(8-2)9-3)28(33)24-14-15-25(21(6)18-24)36-19-20(4)5/h10-15,18,20,27,33H,7-9,16-17,19H2,1-6H3. The average molecular weight is 493 g/mol. The lowest BCUT2D eigenvalue weighted by atomic mass is 9.94. The zero-order chi connectivity index (χ0) is 26.4. The van der Waals surface area contributed by atoms with Crippen LogP contribution in [0.4, 0.5) is 0 Å². The number of nitrogens with zero attached hydrogens (tertiary/aromatic N) is 2. The molecule has 1 N–H and O–H groups in total. The highest BCUT2D eigenvalue weighted by molar-refractivity contribution is 6.46. The molecule has 0 aliphatic carbocycles. The van der Waals surface area contributed by atoms with Gasteiger partial charge < -0.3 is 19.6 Å². The molecule has 6 heteroatoms. The molecule has 0 bridgehead atoms. The van der Waals surface area contributed by atoms with E-state index in [9.17, 15) is 14.7 Å². The van der Waals surface area contributed by atoms with E-state index in [1.54, 1.807) is 11.0 Å². The van der Waals surface area contributed by atoms with Gasteiger partial charge in [-0.1, -0.05) is 58.9 Å². The Morgan fingerprint density at radius 3 is 2.28 bits per heavy atom. The molecular weight excluding hydrogens is 452 g/mol. The number of aliphatic hydroxyl groups is 1. The van der Waals surface area contributed by atoms with Gasteiger partial charge in [-0.05, 0) is 67.2 Å². The molecule has 1 saturated heterocycles. The van der Waals surface area contributed by atoms with Crippen LogP contribution < -0.4 is 4.74 Å². The van der Waals surface area contributed by atoms with Crippen molar-refractivity contribution in [2.24, 2.45) is 5.92 Å². The van der Waals surface area contributed by atoms with Crippen LogP contribution in [0.25, 0.3) is 5.76 Å². The van der Waals surface area contributed by atoms with E-state index in [0.717, 1.165) is 36.4 Å². The van der Waals surface area contributed by atoms with E-state index < -0.39 is 17.7 Å². The summed E-state index contributed by atoms with van der Waals surface area (Å²) in [6.45, 7) is 15.7. The fraction of sp³-hybridized carbons (Fsp3) is 0.467. The molecule has 2 aromatic carbocycles. The van der Waals surface area contributed by atoms with E-state index in [-0.39, 0.29) is 11.3 Å². The number of carbonyl (C=O) groups is 2. The Hall–Kier alpha value is -3.12. The van der Waals surface area contributed by atoms with E-state index in [1.807, 2.05) is 43.3 Å². The van der Waals surface area contributed by atoms with Gasteiger partial charge >= 0.3 is 0 Å². The molecule has 1 unspecified atom stereocenters. The monoisotopic (exact) mass is 492 g/mol. The minimum atomic E-state index is -0.644. The van der Waals surface area contributed by atoms with Crippen LogP contribution in [0.5, 0.6) is 5.75 Å². The van der Waals surface area contributed by atoms with Gasteiger partial charge in [0.05, 0.1) is 18.2 Å². The lowest BCUT2D eigenvalue weighted by molar-refractivity contribution is -0.140. The minimum absolute atomic E-state index is 0.138. The Labute approximate surface area is 215 Å². The van der Waals surface area contributed by atoms with Gasteiger partial charge in [-0.3, -0.25) is 9.59 Å². The van der Waals surface area contributed by atoms with E-state index in [1.165, 1.54) is 5.56 Å². The van der Waals surface area contributed by atoms with Crippen LogP contribution in [0, 0.1) is 12.8 Å². The van der Waals surface area contributed by atoms with Crippen molar-refractivity contribution in [3.8, 4) is 5.75 Å². The number of benzene rings is 2. The summed E-state index contributed by atoms with van der Waals surface area (Å²) in [5.74, 6) is -0.228. The van der Waals surface area contributed by atoms with Crippen molar-refractivity contribution in [1.82, 2.24) is 9.80 Å². The number of likely N-dealkylation sites (tertiary alicyclic amines) is 1. The van der Waals surface area contributed by atoms with Gasteiger partial charge in [-0.15, -0.1) is 0 Å². The SMILES string of the molecule is CCc1ccc(C2C(=C(O)c3ccc(OCC(C)C)c(C)c3)C(=O)C(=O)N2CCN(CC)CC)cc1. The Morgan fingerprint density at radius 2 is 1.72 bits per heavy atom. The third kappa shape index (κ3) is 5.98. The predicted octanol–water partition coefficient (Wildman–Crippen LogP) is 5.36. The lowest BCUT2D eigenvalue weighted by Gasteiger charge is -2.28. The third-order valence-electron chi connectivity index (χ3n) is 6.82. The fourth-order valence-electron chi connectivity index (χ4n) is 4.55. The number of rotatable bonds is 11. The first-order valence-corrected chi connectivity index (χ1v) is 13.0. The fourth-order valence-corrected chi connectivity index (χ4v) is 4.55. The van der Waals surface area contributed by atoms with E-state index in [2.05, 4.69) is 39.5 Å². The molecule has 1 aliphatic heterocycles. The highest BCUT2D eigenvalue weighted by Crippen LogP contribution is 2.40. The predicted molar refractivity (Wildman–Crippen MR) is 144 cm³/mol. The molecular formula is C30H40N2O4. The number of likely N-dealkylation sites (N-methyl/N-ethyl adjacent to an activating group) is 1. The first-order chi connectivity index (χ1) is 17.2. The number of amides is 1. The maximum atomic E-state index is 13.3. The number of aliphatic hydroxyl groups excluding tert-OH is 1. The van der Waals surface area contributed by atoms with Crippen LogP contribution in [0.15, 0.2) is 48.0 Å². The molecule has 1 fully saturated rings. The van der Waals surface area contributed by atoms with Crippen LogP contribution >= 0.6 is 0 Å². The number of ether oxygens (including phenoxy) is 1. The average Bonchev–Trinajstić information content (AvgIpc) is 3.13. The zero-order valence-corrected chi connectivity index (χ0v) is 22.5. The topological polar surface area (TPSA) is 70.1 Å². The van der Waals surface area contributed by atoms with Gasteiger partial charge in [0.1, 0.15) is 11.5 Å². The summed E-state index contributed by atoms with van der Waals surface area (Å²) in [4.78, 5) is 30.3. The number of hydrogen-bond acceptors (Lipinski definition) is 5. The van der Waals surface area contributed by atoms with Gasteiger partial charge in [0.25, 0.3) is 11.7 Å². The first-order valence-electron chi connectivity index (χ1n) is 13.0. The molecule has 3 rings (SSSR count). The molecule has 1 heterocycles. The summed E-state index contributed by atoms with van der Waals surface area (Å²) < 4.78 is 5.87. The third-order valence-corrected chi connectivity index (χ3v) is 6.82. The quantitative estimate of drug-likeness (QED) is 0.260. The van der Waals surface area contributed by atoms with Gasteiger partial charge in [0.2, 0.25) is 0 Å². The molecule has 194 valence electrons. The second-order valence-electron chi connectivity index (χ2n) is 9.80. The molecule has 1 amide bonds.